The van der Waals surface area contributed by atoms with Gasteiger partial charge in [-0.2, -0.15) is 0 Å². The fourth-order valence-corrected chi connectivity index (χ4v) is 7.85. The monoisotopic (exact) mass is 440 g/mol. The minimum Gasteiger partial charge on any atom is -0.258 e. The Labute approximate surface area is 186 Å². The summed E-state index contributed by atoms with van der Waals surface area (Å²) < 4.78 is 0. The molecule has 0 bridgehead atoms. The summed E-state index contributed by atoms with van der Waals surface area (Å²) in [5.74, 6) is 0. The molecule has 0 aliphatic rings. The predicted molar refractivity (Wildman–Crippen MR) is 132 cm³/mol. The number of aromatic nitrogens is 1. The van der Waals surface area contributed by atoms with Crippen molar-refractivity contribution in [3.63, 3.8) is 0 Å². The molecule has 1 radical (unpaired) electrons. The van der Waals surface area contributed by atoms with E-state index in [-0.39, 0.29) is 24.8 Å². The molecule has 0 aliphatic heterocycles. The maximum absolute atomic E-state index is 4.86. The Hall–Kier alpha value is -2.18. The van der Waals surface area contributed by atoms with E-state index in [1.165, 1.54) is 15.9 Å². The van der Waals surface area contributed by atoms with E-state index in [0.29, 0.717) is 0 Å². The van der Waals surface area contributed by atoms with Crippen LogP contribution in [-0.4, -0.2) is 4.98 Å². The van der Waals surface area contributed by atoms with Gasteiger partial charge in [0.1, 0.15) is 0 Å². The predicted octanol–water partition coefficient (Wildman–Crippen LogP) is 5.73. The van der Waals surface area contributed by atoms with E-state index < -0.39 is 7.26 Å². The molecule has 4 aromatic rings. The van der Waals surface area contributed by atoms with E-state index in [9.17, 15) is 0 Å². The molecular formula is C25H25Cl2NP. The summed E-state index contributed by atoms with van der Waals surface area (Å²) in [6.45, 7) is 2.07. The highest BCUT2D eigenvalue weighted by Crippen LogP contribution is 2.57. The normalized spacial score (nSPS) is 10.5. The molecule has 1 heterocycles. The van der Waals surface area contributed by atoms with Crippen molar-refractivity contribution in [2.75, 3.05) is 0 Å². The van der Waals surface area contributed by atoms with Crippen molar-refractivity contribution in [2.45, 2.75) is 13.1 Å². The molecule has 0 aliphatic carbocycles. The van der Waals surface area contributed by atoms with Crippen molar-refractivity contribution in [1.29, 1.82) is 0 Å². The molecule has 4 rings (SSSR count). The first-order chi connectivity index (χ1) is 13.3. The number of aryl methyl sites for hydroxylation is 1. The van der Waals surface area contributed by atoms with Crippen LogP contribution in [0.1, 0.15) is 11.4 Å². The van der Waals surface area contributed by atoms with Gasteiger partial charge in [0.25, 0.3) is 0 Å². The van der Waals surface area contributed by atoms with E-state index >= 15 is 0 Å². The van der Waals surface area contributed by atoms with Crippen molar-refractivity contribution in [3.05, 3.63) is 121 Å². The summed E-state index contributed by atoms with van der Waals surface area (Å²) in [4.78, 5) is 4.86. The fraction of sp³-hybridized carbons (Fsp3) is 0.0800. The summed E-state index contributed by atoms with van der Waals surface area (Å²) in [5, 5.41) is 4.18. The summed E-state index contributed by atoms with van der Waals surface area (Å²) in [5.41, 5.74) is 2.22. The number of halogens is 2. The third-order valence-corrected chi connectivity index (χ3v) is 9.27. The Bertz CT molecular complexity index is 912. The number of hydrogen-bond donors (Lipinski definition) is 0. The minimum absolute atomic E-state index is 0. The zero-order chi connectivity index (χ0) is 18.5. The average molecular weight is 441 g/mol. The Morgan fingerprint density at radius 3 is 1.34 bits per heavy atom. The number of rotatable bonds is 5. The van der Waals surface area contributed by atoms with E-state index in [2.05, 4.69) is 116 Å². The van der Waals surface area contributed by atoms with Crippen molar-refractivity contribution in [3.8, 4) is 0 Å². The summed E-state index contributed by atoms with van der Waals surface area (Å²) in [6, 6.07) is 39.2. The molecule has 3 aromatic carbocycles. The van der Waals surface area contributed by atoms with Crippen LogP contribution in [0.25, 0.3) is 0 Å². The van der Waals surface area contributed by atoms with Gasteiger partial charge in [0.05, 0.1) is 0 Å². The molecule has 0 atom stereocenters. The summed E-state index contributed by atoms with van der Waals surface area (Å²) in [7, 11) is -1.86. The topological polar surface area (TPSA) is 12.9 Å². The minimum atomic E-state index is -1.86. The maximum Gasteiger partial charge on any atom is 0.0455 e. The third kappa shape index (κ3) is 4.87. The number of nitrogens with zero attached hydrogens (tertiary/aromatic N) is 1. The second kappa shape index (κ2) is 10.6. The van der Waals surface area contributed by atoms with Crippen LogP contribution < -0.4 is 15.9 Å². The molecule has 0 fully saturated rings. The van der Waals surface area contributed by atoms with Crippen LogP contribution in [0.4, 0.5) is 0 Å². The SMILES string of the molecule is Cc1cccc(C[P](c2ccccc2)(c2ccccc2)c2ccccc2)n1.Cl.Cl. The summed E-state index contributed by atoms with van der Waals surface area (Å²) in [6.07, 6.45) is 0.923. The first-order valence-electron chi connectivity index (χ1n) is 9.26. The molecule has 0 N–H and O–H groups in total. The largest absolute Gasteiger partial charge is 0.258 e. The Balaban J connectivity index is 0.00000150. The fourth-order valence-electron chi connectivity index (χ4n) is 3.70. The molecule has 0 amide bonds. The Morgan fingerprint density at radius 1 is 0.552 bits per heavy atom. The van der Waals surface area contributed by atoms with Gasteiger partial charge in [-0.25, -0.2) is 0 Å². The van der Waals surface area contributed by atoms with Crippen LogP contribution in [-0.2, 0) is 6.16 Å². The molecule has 1 aromatic heterocycles. The van der Waals surface area contributed by atoms with Crippen LogP contribution in [0, 0.1) is 6.92 Å². The quantitative estimate of drug-likeness (QED) is 0.361. The molecule has 149 valence electrons. The average Bonchev–Trinajstić information content (AvgIpc) is 2.74. The maximum atomic E-state index is 4.86. The van der Waals surface area contributed by atoms with Gasteiger partial charge in [0, 0.05) is 17.5 Å². The van der Waals surface area contributed by atoms with E-state index in [4.69, 9.17) is 4.98 Å². The van der Waals surface area contributed by atoms with Crippen LogP contribution in [0.15, 0.2) is 109 Å². The van der Waals surface area contributed by atoms with Gasteiger partial charge in [-0.1, -0.05) is 97.1 Å². The summed E-state index contributed by atoms with van der Waals surface area (Å²) >= 11 is 0. The van der Waals surface area contributed by atoms with Crippen molar-refractivity contribution >= 4 is 48.0 Å². The highest BCUT2D eigenvalue weighted by atomic mass is 35.5. The smallest absolute Gasteiger partial charge is 0.0455 e. The zero-order valence-corrected chi connectivity index (χ0v) is 18.8. The molecule has 4 heteroatoms. The molecule has 29 heavy (non-hydrogen) atoms. The van der Waals surface area contributed by atoms with E-state index in [1.807, 2.05) is 0 Å². The number of pyridine rings is 1. The molecule has 0 unspecified atom stereocenters. The lowest BCUT2D eigenvalue weighted by Crippen LogP contribution is -2.32. The van der Waals surface area contributed by atoms with Gasteiger partial charge in [0.15, 0.2) is 0 Å². The molecular weight excluding hydrogens is 416 g/mol. The van der Waals surface area contributed by atoms with Crippen LogP contribution in [0.5, 0.6) is 0 Å². The van der Waals surface area contributed by atoms with E-state index in [1.54, 1.807) is 0 Å². The van der Waals surface area contributed by atoms with Crippen molar-refractivity contribution in [1.82, 2.24) is 4.98 Å². The molecule has 0 spiro atoms. The first-order valence-corrected chi connectivity index (χ1v) is 11.2. The van der Waals surface area contributed by atoms with Crippen LogP contribution in [0.2, 0.25) is 0 Å². The Kier molecular flexibility index (Phi) is 8.41. The molecule has 0 saturated heterocycles. The highest BCUT2D eigenvalue weighted by Gasteiger charge is 2.34. The third-order valence-electron chi connectivity index (χ3n) is 4.94. The molecule has 0 saturated carbocycles. The number of benzene rings is 3. The van der Waals surface area contributed by atoms with Crippen molar-refractivity contribution in [2.24, 2.45) is 0 Å². The standard InChI is InChI=1S/C25H23NP.2ClH/c1-21-12-11-13-22(26-21)20-27(23-14-5-2-6-15-23,24-16-7-3-8-17-24)25-18-9-4-10-19-25;;/h2-19H,20H2,1H3;2*1H. The van der Waals surface area contributed by atoms with Gasteiger partial charge >= 0.3 is 0 Å². The van der Waals surface area contributed by atoms with Gasteiger partial charge < -0.3 is 0 Å². The van der Waals surface area contributed by atoms with Crippen LogP contribution >= 0.6 is 32.1 Å². The van der Waals surface area contributed by atoms with Gasteiger partial charge in [-0.15, -0.1) is 24.8 Å². The lowest BCUT2D eigenvalue weighted by molar-refractivity contribution is 1.10. The second-order valence-corrected chi connectivity index (χ2v) is 10.2. The second-order valence-electron chi connectivity index (χ2n) is 6.74. The van der Waals surface area contributed by atoms with Gasteiger partial charge in [-0.3, -0.25) is 4.98 Å². The van der Waals surface area contributed by atoms with Crippen LogP contribution in [0.3, 0.4) is 0 Å². The molecule has 1 nitrogen and oxygen atoms in total. The van der Waals surface area contributed by atoms with E-state index in [0.717, 1.165) is 17.5 Å². The highest BCUT2D eigenvalue weighted by molar-refractivity contribution is 7.95. The number of hydrogen-bond acceptors (Lipinski definition) is 1. The lowest BCUT2D eigenvalue weighted by Gasteiger charge is -2.38. The van der Waals surface area contributed by atoms with Gasteiger partial charge in [0.2, 0.25) is 0 Å². The van der Waals surface area contributed by atoms with Crippen molar-refractivity contribution < 1.29 is 0 Å². The Morgan fingerprint density at radius 2 is 0.966 bits per heavy atom. The first kappa shape index (κ1) is 23.1. The zero-order valence-electron chi connectivity index (χ0n) is 16.3. The lowest BCUT2D eigenvalue weighted by atomic mass is 10.3. The van der Waals surface area contributed by atoms with Gasteiger partial charge in [-0.05, 0) is 42.2 Å².